The molecule has 1 saturated heterocycles. The maximum absolute atomic E-state index is 6.07. The summed E-state index contributed by atoms with van der Waals surface area (Å²) in [6, 6.07) is 0.496. The van der Waals surface area contributed by atoms with Gasteiger partial charge >= 0.3 is 0 Å². The Kier molecular flexibility index (Phi) is 2.89. The van der Waals surface area contributed by atoms with Crippen molar-refractivity contribution in [2.45, 2.75) is 38.6 Å². The van der Waals surface area contributed by atoms with Crippen LogP contribution in [0.1, 0.15) is 32.6 Å². The van der Waals surface area contributed by atoms with Gasteiger partial charge in [-0.05, 0) is 37.6 Å². The Morgan fingerprint density at radius 2 is 2.15 bits per heavy atom. The van der Waals surface area contributed by atoms with Gasteiger partial charge in [0, 0.05) is 19.1 Å². The lowest BCUT2D eigenvalue weighted by Crippen LogP contribution is -2.35. The van der Waals surface area contributed by atoms with Gasteiger partial charge in [-0.25, -0.2) is 0 Å². The summed E-state index contributed by atoms with van der Waals surface area (Å²) < 4.78 is 0. The second-order valence-electron chi connectivity index (χ2n) is 5.01. The first kappa shape index (κ1) is 9.47. The van der Waals surface area contributed by atoms with Crippen LogP contribution in [0.5, 0.6) is 0 Å². The van der Waals surface area contributed by atoms with Crippen molar-refractivity contribution in [3.8, 4) is 0 Å². The van der Waals surface area contributed by atoms with Crippen molar-refractivity contribution in [3.05, 3.63) is 0 Å². The molecule has 2 aliphatic rings. The van der Waals surface area contributed by atoms with Crippen LogP contribution in [-0.2, 0) is 0 Å². The zero-order chi connectivity index (χ0) is 9.26. The van der Waals surface area contributed by atoms with Gasteiger partial charge in [0.2, 0.25) is 0 Å². The zero-order valence-corrected chi connectivity index (χ0v) is 8.71. The van der Waals surface area contributed by atoms with Crippen molar-refractivity contribution in [2.75, 3.05) is 19.6 Å². The summed E-state index contributed by atoms with van der Waals surface area (Å²) in [6.45, 7) is 6.24. The van der Waals surface area contributed by atoms with Crippen molar-refractivity contribution in [3.63, 3.8) is 0 Å². The van der Waals surface area contributed by atoms with E-state index in [9.17, 15) is 0 Å². The van der Waals surface area contributed by atoms with Crippen LogP contribution in [0.3, 0.4) is 0 Å². The highest BCUT2D eigenvalue weighted by atomic mass is 15.1. The van der Waals surface area contributed by atoms with Crippen LogP contribution in [0.4, 0.5) is 0 Å². The van der Waals surface area contributed by atoms with Crippen LogP contribution < -0.4 is 5.73 Å². The number of likely N-dealkylation sites (tertiary alicyclic amines) is 1. The van der Waals surface area contributed by atoms with E-state index in [4.69, 9.17) is 5.73 Å². The van der Waals surface area contributed by atoms with Gasteiger partial charge in [-0.1, -0.05) is 13.3 Å². The first-order valence-electron chi connectivity index (χ1n) is 5.73. The molecule has 0 bridgehead atoms. The van der Waals surface area contributed by atoms with Gasteiger partial charge in [0.05, 0.1) is 0 Å². The van der Waals surface area contributed by atoms with Gasteiger partial charge < -0.3 is 10.6 Å². The fourth-order valence-corrected chi connectivity index (χ4v) is 2.82. The Morgan fingerprint density at radius 1 is 1.31 bits per heavy atom. The molecular weight excluding hydrogens is 160 g/mol. The highest BCUT2D eigenvalue weighted by Gasteiger charge is 2.28. The predicted molar refractivity (Wildman–Crippen MR) is 55.5 cm³/mol. The lowest BCUT2D eigenvalue weighted by Gasteiger charge is -2.22. The molecule has 1 saturated carbocycles. The van der Waals surface area contributed by atoms with Crippen molar-refractivity contribution in [2.24, 2.45) is 17.6 Å². The van der Waals surface area contributed by atoms with E-state index in [1.165, 1.54) is 45.3 Å². The van der Waals surface area contributed by atoms with E-state index in [-0.39, 0.29) is 0 Å². The molecular formula is C11H22N2. The minimum absolute atomic E-state index is 0.496. The Labute approximate surface area is 81.5 Å². The van der Waals surface area contributed by atoms with Gasteiger partial charge in [0.25, 0.3) is 0 Å². The first-order chi connectivity index (χ1) is 6.25. The Morgan fingerprint density at radius 3 is 2.69 bits per heavy atom. The van der Waals surface area contributed by atoms with Crippen LogP contribution >= 0.6 is 0 Å². The highest BCUT2D eigenvalue weighted by molar-refractivity contribution is 4.84. The molecule has 3 atom stereocenters. The Hall–Kier alpha value is -0.0800. The average molecular weight is 182 g/mol. The van der Waals surface area contributed by atoms with E-state index in [1.807, 2.05) is 0 Å². The lowest BCUT2D eigenvalue weighted by molar-refractivity contribution is 0.260. The molecule has 0 aromatic rings. The normalized spacial score (nSPS) is 41.5. The second-order valence-corrected chi connectivity index (χ2v) is 5.01. The molecule has 0 radical (unpaired) electrons. The van der Waals surface area contributed by atoms with E-state index >= 15 is 0 Å². The van der Waals surface area contributed by atoms with E-state index in [1.54, 1.807) is 0 Å². The molecule has 3 unspecified atom stereocenters. The molecule has 76 valence electrons. The molecule has 2 fully saturated rings. The Bertz CT molecular complexity index is 169. The van der Waals surface area contributed by atoms with Gasteiger partial charge in [-0.3, -0.25) is 0 Å². The van der Waals surface area contributed by atoms with Crippen LogP contribution in [0.15, 0.2) is 0 Å². The largest absolute Gasteiger partial charge is 0.327 e. The molecule has 2 heteroatoms. The number of hydrogen-bond donors (Lipinski definition) is 1. The molecule has 2 nitrogen and oxygen atoms in total. The average Bonchev–Trinajstić information content (AvgIpc) is 2.64. The monoisotopic (exact) mass is 182 g/mol. The van der Waals surface area contributed by atoms with Gasteiger partial charge in [0.1, 0.15) is 0 Å². The van der Waals surface area contributed by atoms with Gasteiger partial charge in [-0.2, -0.15) is 0 Å². The summed E-state index contributed by atoms with van der Waals surface area (Å²) in [4.78, 5) is 2.61. The fourth-order valence-electron chi connectivity index (χ4n) is 2.82. The molecule has 2 rings (SSSR count). The third-order valence-electron chi connectivity index (χ3n) is 3.72. The quantitative estimate of drug-likeness (QED) is 0.700. The third-order valence-corrected chi connectivity index (χ3v) is 3.72. The van der Waals surface area contributed by atoms with E-state index < -0.39 is 0 Å². The molecule has 1 aliphatic carbocycles. The molecule has 0 aromatic heterocycles. The summed E-state index contributed by atoms with van der Waals surface area (Å²) in [7, 11) is 0. The van der Waals surface area contributed by atoms with Crippen molar-refractivity contribution >= 4 is 0 Å². The summed E-state index contributed by atoms with van der Waals surface area (Å²) in [5.74, 6) is 1.71. The topological polar surface area (TPSA) is 29.3 Å². The van der Waals surface area contributed by atoms with E-state index in [0.29, 0.717) is 6.04 Å². The molecule has 0 spiro atoms. The van der Waals surface area contributed by atoms with Gasteiger partial charge in [0.15, 0.2) is 0 Å². The minimum Gasteiger partial charge on any atom is -0.327 e. The Balaban J connectivity index is 1.77. The smallest absolute Gasteiger partial charge is 0.00793 e. The number of nitrogens with zero attached hydrogens (tertiary/aromatic N) is 1. The predicted octanol–water partition coefficient (Wildman–Crippen LogP) is 1.46. The third kappa shape index (κ3) is 2.23. The lowest BCUT2D eigenvalue weighted by atomic mass is 10.0. The van der Waals surface area contributed by atoms with Crippen LogP contribution in [0, 0.1) is 11.8 Å². The number of rotatable bonds is 2. The zero-order valence-electron chi connectivity index (χ0n) is 8.71. The molecule has 13 heavy (non-hydrogen) atoms. The molecule has 2 N–H and O–H groups in total. The standard InChI is InChI=1S/C11H22N2/c1-9-5-6-13(7-9)8-10-3-2-4-11(10)12/h9-11H,2-8,12H2,1H3. The fraction of sp³-hybridized carbons (Fsp3) is 1.00. The number of hydrogen-bond acceptors (Lipinski definition) is 2. The van der Waals surface area contributed by atoms with Crippen molar-refractivity contribution in [1.29, 1.82) is 0 Å². The second kappa shape index (κ2) is 3.97. The van der Waals surface area contributed by atoms with Crippen LogP contribution in [-0.4, -0.2) is 30.6 Å². The molecule has 0 amide bonds. The van der Waals surface area contributed by atoms with Crippen molar-refractivity contribution in [1.82, 2.24) is 4.90 Å². The van der Waals surface area contributed by atoms with E-state index in [0.717, 1.165) is 11.8 Å². The van der Waals surface area contributed by atoms with E-state index in [2.05, 4.69) is 11.8 Å². The summed E-state index contributed by atoms with van der Waals surface area (Å²) >= 11 is 0. The molecule has 1 aliphatic heterocycles. The molecule has 0 aromatic carbocycles. The maximum Gasteiger partial charge on any atom is 0.00793 e. The summed E-state index contributed by atoms with van der Waals surface area (Å²) in [5, 5.41) is 0. The van der Waals surface area contributed by atoms with Crippen molar-refractivity contribution < 1.29 is 0 Å². The van der Waals surface area contributed by atoms with Crippen LogP contribution in [0.2, 0.25) is 0 Å². The number of nitrogens with two attached hydrogens (primary N) is 1. The minimum atomic E-state index is 0.496. The summed E-state index contributed by atoms with van der Waals surface area (Å²) in [5.41, 5.74) is 6.07. The first-order valence-corrected chi connectivity index (χ1v) is 5.73. The summed E-state index contributed by atoms with van der Waals surface area (Å²) in [6.07, 6.45) is 5.37. The van der Waals surface area contributed by atoms with Crippen LogP contribution in [0.25, 0.3) is 0 Å². The molecule has 1 heterocycles. The highest BCUT2D eigenvalue weighted by Crippen LogP contribution is 2.26. The SMILES string of the molecule is CC1CCN(CC2CCCC2N)C1. The van der Waals surface area contributed by atoms with Gasteiger partial charge in [-0.15, -0.1) is 0 Å². The maximum atomic E-state index is 6.07.